The Hall–Kier alpha value is -1.87. The fourth-order valence-corrected chi connectivity index (χ4v) is 2.46. The third kappa shape index (κ3) is 2.22. The van der Waals surface area contributed by atoms with Crippen LogP contribution in [-0.4, -0.2) is 17.3 Å². The van der Waals surface area contributed by atoms with Gasteiger partial charge < -0.3 is 9.26 Å². The molecule has 0 N–H and O–H groups in total. The number of hydrogen-bond donors (Lipinski definition) is 0. The maximum Gasteiger partial charge on any atom is 0.231 e. The molecular formula is C13H10BrN3O2. The van der Waals surface area contributed by atoms with Crippen molar-refractivity contribution in [3.8, 4) is 23.2 Å². The maximum absolute atomic E-state index is 8.80. The summed E-state index contributed by atoms with van der Waals surface area (Å²) in [6.07, 6.45) is 0.810. The standard InChI is InChI=1S/C13H10BrN3O2/c1-18-11-3-2-7(5-10(11)14)12-16-13(19-17-12)9-4-8(9)6-15/h2-3,5,8-9H,4H2,1H3. The summed E-state index contributed by atoms with van der Waals surface area (Å²) in [4.78, 5) is 4.35. The number of hydrogen-bond acceptors (Lipinski definition) is 5. The molecule has 0 radical (unpaired) electrons. The van der Waals surface area contributed by atoms with E-state index in [4.69, 9.17) is 14.5 Å². The Kier molecular flexibility index (Phi) is 2.99. The highest BCUT2D eigenvalue weighted by molar-refractivity contribution is 9.10. The fraction of sp³-hybridized carbons (Fsp3) is 0.308. The van der Waals surface area contributed by atoms with Crippen molar-refractivity contribution in [3.63, 3.8) is 0 Å². The monoisotopic (exact) mass is 319 g/mol. The molecule has 1 aliphatic rings. The molecule has 0 bridgehead atoms. The number of rotatable bonds is 3. The second-order valence-electron chi connectivity index (χ2n) is 4.38. The van der Waals surface area contributed by atoms with Crippen LogP contribution in [0.4, 0.5) is 0 Å². The van der Waals surface area contributed by atoms with E-state index in [1.165, 1.54) is 0 Å². The molecule has 2 atom stereocenters. The van der Waals surface area contributed by atoms with Crippen molar-refractivity contribution in [2.45, 2.75) is 12.3 Å². The molecule has 1 aliphatic carbocycles. The van der Waals surface area contributed by atoms with E-state index >= 15 is 0 Å². The molecule has 2 aromatic rings. The van der Waals surface area contributed by atoms with Crippen molar-refractivity contribution >= 4 is 15.9 Å². The smallest absolute Gasteiger partial charge is 0.231 e. The molecule has 1 aromatic heterocycles. The summed E-state index contributed by atoms with van der Waals surface area (Å²) < 4.78 is 11.2. The highest BCUT2D eigenvalue weighted by Gasteiger charge is 2.43. The van der Waals surface area contributed by atoms with Crippen molar-refractivity contribution in [1.82, 2.24) is 10.1 Å². The van der Waals surface area contributed by atoms with E-state index in [1.54, 1.807) is 7.11 Å². The minimum Gasteiger partial charge on any atom is -0.496 e. The van der Waals surface area contributed by atoms with Crippen LogP contribution in [0.15, 0.2) is 27.2 Å². The number of ether oxygens (including phenoxy) is 1. The Labute approximate surface area is 118 Å². The number of halogens is 1. The first kappa shape index (κ1) is 12.2. The number of benzene rings is 1. The van der Waals surface area contributed by atoms with E-state index in [0.717, 1.165) is 22.2 Å². The Bertz CT molecular complexity index is 662. The van der Waals surface area contributed by atoms with Gasteiger partial charge in [0.25, 0.3) is 0 Å². The van der Waals surface area contributed by atoms with Crippen LogP contribution in [0.1, 0.15) is 18.2 Å². The van der Waals surface area contributed by atoms with Crippen molar-refractivity contribution in [1.29, 1.82) is 5.26 Å². The minimum atomic E-state index is 0.0240. The van der Waals surface area contributed by atoms with Crippen LogP contribution in [0.5, 0.6) is 5.75 Å². The van der Waals surface area contributed by atoms with E-state index in [0.29, 0.717) is 11.7 Å². The van der Waals surface area contributed by atoms with Gasteiger partial charge in [0.1, 0.15) is 5.75 Å². The lowest BCUT2D eigenvalue weighted by Gasteiger charge is -2.03. The number of nitrogens with zero attached hydrogens (tertiary/aromatic N) is 3. The second-order valence-corrected chi connectivity index (χ2v) is 5.24. The van der Waals surface area contributed by atoms with E-state index in [1.807, 2.05) is 18.2 Å². The van der Waals surface area contributed by atoms with Crippen molar-refractivity contribution in [2.75, 3.05) is 7.11 Å². The van der Waals surface area contributed by atoms with Gasteiger partial charge in [0.05, 0.1) is 29.5 Å². The quantitative estimate of drug-likeness (QED) is 0.869. The van der Waals surface area contributed by atoms with Gasteiger partial charge in [-0.25, -0.2) is 0 Å². The summed E-state index contributed by atoms with van der Waals surface area (Å²) >= 11 is 3.42. The number of aromatic nitrogens is 2. The van der Waals surface area contributed by atoms with Gasteiger partial charge in [-0.05, 0) is 40.5 Å². The normalized spacial score (nSPS) is 20.9. The van der Waals surface area contributed by atoms with Crippen LogP contribution in [0.3, 0.4) is 0 Å². The molecule has 2 unspecified atom stereocenters. The lowest BCUT2D eigenvalue weighted by molar-refractivity contribution is 0.378. The zero-order valence-electron chi connectivity index (χ0n) is 10.1. The molecule has 1 aromatic carbocycles. The molecule has 0 saturated heterocycles. The third-order valence-electron chi connectivity index (χ3n) is 3.13. The topological polar surface area (TPSA) is 71.9 Å². The fourth-order valence-electron chi connectivity index (χ4n) is 1.92. The SMILES string of the molecule is COc1ccc(-c2noc(C3CC3C#N)n2)cc1Br. The van der Waals surface area contributed by atoms with Crippen LogP contribution in [0.2, 0.25) is 0 Å². The molecular weight excluding hydrogens is 310 g/mol. The van der Waals surface area contributed by atoms with Crippen LogP contribution in [0, 0.1) is 17.2 Å². The lowest BCUT2D eigenvalue weighted by Crippen LogP contribution is -1.87. The second kappa shape index (κ2) is 4.67. The summed E-state index contributed by atoms with van der Waals surface area (Å²) in [7, 11) is 1.61. The summed E-state index contributed by atoms with van der Waals surface area (Å²) in [5.74, 6) is 1.96. The zero-order valence-corrected chi connectivity index (χ0v) is 11.7. The van der Waals surface area contributed by atoms with Gasteiger partial charge in [-0.2, -0.15) is 10.2 Å². The Morgan fingerprint density at radius 3 is 3.00 bits per heavy atom. The van der Waals surface area contributed by atoms with Gasteiger partial charge in [0, 0.05) is 5.56 Å². The molecule has 0 amide bonds. The summed E-state index contributed by atoms with van der Waals surface area (Å²) in [6.45, 7) is 0. The van der Waals surface area contributed by atoms with E-state index in [2.05, 4.69) is 32.1 Å². The zero-order chi connectivity index (χ0) is 13.4. The van der Waals surface area contributed by atoms with Crippen molar-refractivity contribution in [2.24, 2.45) is 5.92 Å². The van der Waals surface area contributed by atoms with Gasteiger partial charge in [-0.1, -0.05) is 5.16 Å². The molecule has 0 aliphatic heterocycles. The Balaban J connectivity index is 1.87. The van der Waals surface area contributed by atoms with Crippen LogP contribution in [0.25, 0.3) is 11.4 Å². The molecule has 96 valence electrons. The first-order valence-corrected chi connectivity index (χ1v) is 6.59. The Morgan fingerprint density at radius 2 is 2.37 bits per heavy atom. The molecule has 0 spiro atoms. The lowest BCUT2D eigenvalue weighted by atomic mass is 10.2. The van der Waals surface area contributed by atoms with Crippen molar-refractivity contribution < 1.29 is 9.26 Å². The highest BCUT2D eigenvalue weighted by Crippen LogP contribution is 2.46. The minimum absolute atomic E-state index is 0.0240. The van der Waals surface area contributed by atoms with Gasteiger partial charge in [-0.3, -0.25) is 0 Å². The summed E-state index contributed by atoms with van der Waals surface area (Å²) in [5, 5.41) is 12.8. The average Bonchev–Trinajstić information content (AvgIpc) is 3.06. The van der Waals surface area contributed by atoms with Gasteiger partial charge in [0.2, 0.25) is 11.7 Å². The van der Waals surface area contributed by atoms with Gasteiger partial charge in [-0.15, -0.1) is 0 Å². The molecule has 6 heteroatoms. The molecule has 1 fully saturated rings. The highest BCUT2D eigenvalue weighted by atomic mass is 79.9. The third-order valence-corrected chi connectivity index (χ3v) is 3.74. The molecule has 5 nitrogen and oxygen atoms in total. The molecule has 19 heavy (non-hydrogen) atoms. The van der Waals surface area contributed by atoms with E-state index in [-0.39, 0.29) is 11.8 Å². The van der Waals surface area contributed by atoms with Gasteiger partial charge >= 0.3 is 0 Å². The largest absolute Gasteiger partial charge is 0.496 e. The summed E-state index contributed by atoms with van der Waals surface area (Å²) in [6, 6.07) is 7.79. The van der Waals surface area contributed by atoms with Crippen LogP contribution >= 0.6 is 15.9 Å². The first-order chi connectivity index (χ1) is 9.22. The summed E-state index contributed by atoms with van der Waals surface area (Å²) in [5.41, 5.74) is 0.844. The predicted molar refractivity (Wildman–Crippen MR) is 70.4 cm³/mol. The molecule has 1 saturated carbocycles. The van der Waals surface area contributed by atoms with Crippen LogP contribution in [-0.2, 0) is 0 Å². The van der Waals surface area contributed by atoms with Crippen LogP contribution < -0.4 is 4.74 Å². The predicted octanol–water partition coefficient (Wildman–Crippen LogP) is 3.13. The maximum atomic E-state index is 8.80. The Morgan fingerprint density at radius 1 is 1.53 bits per heavy atom. The average molecular weight is 320 g/mol. The van der Waals surface area contributed by atoms with Gasteiger partial charge in [0.15, 0.2) is 0 Å². The van der Waals surface area contributed by atoms with E-state index < -0.39 is 0 Å². The first-order valence-electron chi connectivity index (χ1n) is 5.80. The molecule has 3 rings (SSSR count). The number of nitriles is 1. The molecule has 1 heterocycles. The van der Waals surface area contributed by atoms with E-state index in [9.17, 15) is 0 Å². The number of methoxy groups -OCH3 is 1. The van der Waals surface area contributed by atoms with Crippen molar-refractivity contribution in [3.05, 3.63) is 28.6 Å².